The minimum absolute atomic E-state index is 0.0124. The predicted octanol–water partition coefficient (Wildman–Crippen LogP) is 0.752. The van der Waals surface area contributed by atoms with Crippen LogP contribution in [-0.4, -0.2) is 62.8 Å². The smallest absolute Gasteiger partial charge is 0.234 e. The maximum atomic E-state index is 12.1. The lowest BCUT2D eigenvalue weighted by molar-refractivity contribution is -0.125. The normalized spacial score (nSPS) is 19.9. The van der Waals surface area contributed by atoms with Crippen LogP contribution in [0.5, 0.6) is 0 Å². The van der Waals surface area contributed by atoms with E-state index in [1.165, 1.54) is 0 Å². The van der Waals surface area contributed by atoms with Crippen LogP contribution in [0, 0.1) is 0 Å². The van der Waals surface area contributed by atoms with E-state index in [2.05, 4.69) is 10.6 Å². The van der Waals surface area contributed by atoms with Gasteiger partial charge in [-0.25, -0.2) is 8.42 Å². The lowest BCUT2D eigenvalue weighted by Crippen LogP contribution is -2.44. The summed E-state index contributed by atoms with van der Waals surface area (Å²) in [7, 11) is -1.37. The van der Waals surface area contributed by atoms with E-state index in [0.717, 1.165) is 5.56 Å². The summed E-state index contributed by atoms with van der Waals surface area (Å²) in [6, 6.07) is 6.71. The summed E-state index contributed by atoms with van der Waals surface area (Å²) >= 11 is 5.85. The second-order valence-corrected chi connectivity index (χ2v) is 9.35. The molecule has 0 spiro atoms. The first-order valence-electron chi connectivity index (χ1n) is 8.38. The molecule has 0 saturated carbocycles. The summed E-state index contributed by atoms with van der Waals surface area (Å²) in [5.41, 5.74) is 0.936. The van der Waals surface area contributed by atoms with Gasteiger partial charge in [0.15, 0.2) is 9.84 Å². The molecule has 144 valence electrons. The quantitative estimate of drug-likeness (QED) is 0.703. The van der Waals surface area contributed by atoms with E-state index in [9.17, 15) is 18.0 Å². The number of nitrogens with zero attached hydrogens (tertiary/aromatic N) is 1. The Bertz CT molecular complexity index is 752. The highest BCUT2D eigenvalue weighted by molar-refractivity contribution is 7.91. The maximum Gasteiger partial charge on any atom is 0.234 e. The average molecular weight is 402 g/mol. The highest BCUT2D eigenvalue weighted by Gasteiger charge is 2.29. The van der Waals surface area contributed by atoms with Gasteiger partial charge in [-0.05, 0) is 38.1 Å². The topological polar surface area (TPSA) is 95.6 Å². The molecule has 1 fully saturated rings. The summed E-state index contributed by atoms with van der Waals surface area (Å²) < 4.78 is 22.8. The number of carbonyl (C=O) groups excluding carboxylic acids is 2. The Morgan fingerprint density at radius 3 is 2.42 bits per heavy atom. The van der Waals surface area contributed by atoms with E-state index in [4.69, 9.17) is 11.6 Å². The van der Waals surface area contributed by atoms with Crippen LogP contribution in [0.15, 0.2) is 24.3 Å². The summed E-state index contributed by atoms with van der Waals surface area (Å²) in [5, 5.41) is 6.21. The average Bonchev–Trinajstić information content (AvgIpc) is 2.85. The second kappa shape index (κ2) is 8.83. The van der Waals surface area contributed by atoms with Gasteiger partial charge in [0.05, 0.1) is 30.6 Å². The molecule has 2 amide bonds. The third-order valence-corrected chi connectivity index (χ3v) is 6.19. The molecular formula is C17H24ClN3O4S. The van der Waals surface area contributed by atoms with Crippen LogP contribution >= 0.6 is 11.6 Å². The van der Waals surface area contributed by atoms with Crippen molar-refractivity contribution in [2.45, 2.75) is 25.4 Å². The van der Waals surface area contributed by atoms with Gasteiger partial charge in [0.1, 0.15) is 0 Å². The minimum Gasteiger partial charge on any atom is -0.351 e. The number of amides is 2. The molecule has 0 aromatic heterocycles. The van der Waals surface area contributed by atoms with Crippen LogP contribution in [-0.2, 0) is 19.4 Å². The standard InChI is InChI=1S/C17H24ClN3O4S/c1-12(13-3-5-14(18)6-4-13)19-16(22)9-21(2)10-17(23)20-15-7-8-26(24,25)11-15/h3-6,12,15H,7-11H2,1-2H3,(H,19,22)(H,20,23). The first kappa shape index (κ1) is 20.7. The Labute approximate surface area is 159 Å². The molecule has 7 nitrogen and oxygen atoms in total. The van der Waals surface area contributed by atoms with Crippen LogP contribution in [0.4, 0.5) is 0 Å². The third-order valence-electron chi connectivity index (χ3n) is 4.17. The van der Waals surface area contributed by atoms with Crippen molar-refractivity contribution >= 4 is 33.3 Å². The van der Waals surface area contributed by atoms with Crippen molar-refractivity contribution < 1.29 is 18.0 Å². The second-order valence-electron chi connectivity index (χ2n) is 6.68. The molecule has 0 aliphatic carbocycles. The van der Waals surface area contributed by atoms with Gasteiger partial charge >= 0.3 is 0 Å². The molecule has 2 atom stereocenters. The van der Waals surface area contributed by atoms with Crippen LogP contribution in [0.1, 0.15) is 24.9 Å². The molecule has 1 saturated heterocycles. The van der Waals surface area contributed by atoms with Crippen molar-refractivity contribution in [2.75, 3.05) is 31.6 Å². The predicted molar refractivity (Wildman–Crippen MR) is 101 cm³/mol. The molecule has 2 unspecified atom stereocenters. The zero-order chi connectivity index (χ0) is 19.3. The van der Waals surface area contributed by atoms with Crippen LogP contribution in [0.25, 0.3) is 0 Å². The molecule has 26 heavy (non-hydrogen) atoms. The molecule has 0 radical (unpaired) electrons. The van der Waals surface area contributed by atoms with E-state index in [1.54, 1.807) is 24.1 Å². The number of benzene rings is 1. The Balaban J connectivity index is 1.74. The number of rotatable bonds is 7. The minimum atomic E-state index is -3.03. The highest BCUT2D eigenvalue weighted by atomic mass is 35.5. The summed E-state index contributed by atoms with van der Waals surface area (Å²) in [5.74, 6) is -0.389. The monoisotopic (exact) mass is 401 g/mol. The molecule has 1 aliphatic heterocycles. The van der Waals surface area contributed by atoms with E-state index < -0.39 is 9.84 Å². The van der Waals surface area contributed by atoms with E-state index >= 15 is 0 Å². The molecular weight excluding hydrogens is 378 g/mol. The van der Waals surface area contributed by atoms with Gasteiger partial charge in [-0.15, -0.1) is 0 Å². The lowest BCUT2D eigenvalue weighted by atomic mass is 10.1. The van der Waals surface area contributed by atoms with Crippen molar-refractivity contribution in [1.82, 2.24) is 15.5 Å². The maximum absolute atomic E-state index is 12.1. The summed E-state index contributed by atoms with van der Waals surface area (Å²) in [4.78, 5) is 25.7. The van der Waals surface area contributed by atoms with E-state index in [0.29, 0.717) is 11.4 Å². The molecule has 2 N–H and O–H groups in total. The fraction of sp³-hybridized carbons (Fsp3) is 0.529. The summed E-state index contributed by atoms with van der Waals surface area (Å²) in [6.45, 7) is 1.96. The van der Waals surface area contributed by atoms with Crippen LogP contribution in [0.3, 0.4) is 0 Å². The van der Waals surface area contributed by atoms with Gasteiger partial charge < -0.3 is 10.6 Å². The highest BCUT2D eigenvalue weighted by Crippen LogP contribution is 2.16. The fourth-order valence-corrected chi connectivity index (χ4v) is 4.65. The Morgan fingerprint density at radius 2 is 1.85 bits per heavy atom. The van der Waals surface area contributed by atoms with E-state index in [1.807, 2.05) is 19.1 Å². The first-order chi connectivity index (χ1) is 12.1. The molecule has 0 bridgehead atoms. The molecule has 2 rings (SSSR count). The Kier molecular flexibility index (Phi) is 7.02. The SMILES string of the molecule is CC(NC(=O)CN(C)CC(=O)NC1CCS(=O)(=O)C1)c1ccc(Cl)cc1. The molecule has 1 heterocycles. The molecule has 1 aromatic carbocycles. The van der Waals surface area contributed by atoms with Crippen LogP contribution in [0.2, 0.25) is 5.02 Å². The fourth-order valence-electron chi connectivity index (χ4n) is 2.85. The van der Waals surface area contributed by atoms with Crippen molar-refractivity contribution in [3.8, 4) is 0 Å². The van der Waals surface area contributed by atoms with Gasteiger partial charge in [-0.2, -0.15) is 0 Å². The number of carbonyl (C=O) groups is 2. The zero-order valence-corrected chi connectivity index (χ0v) is 16.4. The number of hydrogen-bond acceptors (Lipinski definition) is 5. The van der Waals surface area contributed by atoms with Crippen molar-refractivity contribution in [3.05, 3.63) is 34.9 Å². The number of halogens is 1. The molecule has 1 aliphatic rings. The number of hydrogen-bond donors (Lipinski definition) is 2. The first-order valence-corrected chi connectivity index (χ1v) is 10.6. The third kappa shape index (κ3) is 6.59. The largest absolute Gasteiger partial charge is 0.351 e. The Morgan fingerprint density at radius 1 is 1.23 bits per heavy atom. The number of sulfone groups is 1. The molecule has 9 heteroatoms. The number of nitrogens with one attached hydrogen (secondary N) is 2. The van der Waals surface area contributed by atoms with E-state index in [-0.39, 0.29) is 48.5 Å². The van der Waals surface area contributed by atoms with Crippen molar-refractivity contribution in [3.63, 3.8) is 0 Å². The van der Waals surface area contributed by atoms with Gasteiger partial charge in [0, 0.05) is 11.1 Å². The molecule has 1 aromatic rings. The van der Waals surface area contributed by atoms with Gasteiger partial charge in [0.2, 0.25) is 11.8 Å². The van der Waals surface area contributed by atoms with Crippen LogP contribution < -0.4 is 10.6 Å². The zero-order valence-electron chi connectivity index (χ0n) is 14.9. The van der Waals surface area contributed by atoms with Gasteiger partial charge in [0.25, 0.3) is 0 Å². The number of likely N-dealkylation sites (N-methyl/N-ethyl adjacent to an activating group) is 1. The lowest BCUT2D eigenvalue weighted by Gasteiger charge is -2.20. The summed E-state index contributed by atoms with van der Waals surface area (Å²) in [6.07, 6.45) is 0.441. The van der Waals surface area contributed by atoms with Gasteiger partial charge in [-0.1, -0.05) is 23.7 Å². The van der Waals surface area contributed by atoms with Gasteiger partial charge in [-0.3, -0.25) is 14.5 Å². The van der Waals surface area contributed by atoms with Crippen molar-refractivity contribution in [2.24, 2.45) is 0 Å². The Hall–Kier alpha value is -1.64. The van der Waals surface area contributed by atoms with Crippen molar-refractivity contribution in [1.29, 1.82) is 0 Å².